The maximum absolute atomic E-state index is 13.4. The minimum atomic E-state index is -4.88. The van der Waals surface area contributed by atoms with Crippen molar-refractivity contribution in [2.24, 2.45) is 11.3 Å². The summed E-state index contributed by atoms with van der Waals surface area (Å²) in [5.74, 6) is -1.50. The van der Waals surface area contributed by atoms with E-state index in [1.54, 1.807) is 29.2 Å². The van der Waals surface area contributed by atoms with E-state index in [9.17, 15) is 27.6 Å². The number of rotatable bonds is 9. The third kappa shape index (κ3) is 9.46. The lowest BCUT2D eigenvalue weighted by Gasteiger charge is -2.40. The molecule has 0 heterocycles. The molecule has 2 aromatic carbocycles. The fraction of sp³-hybridized carbons (Fsp3) is 0.483. The van der Waals surface area contributed by atoms with Gasteiger partial charge in [-0.15, -0.1) is 13.2 Å². The Bertz CT molecular complexity index is 1170. The Kier molecular flexibility index (Phi) is 10.1. The molecule has 0 radical (unpaired) electrons. The number of carbonyl (C=O) groups excluding carboxylic acids is 2. The third-order valence-electron chi connectivity index (χ3n) is 7.03. The normalized spacial score (nSPS) is 17.6. The summed E-state index contributed by atoms with van der Waals surface area (Å²) >= 11 is 0. The minimum Gasteiger partial charge on any atom is -0.481 e. The van der Waals surface area contributed by atoms with Gasteiger partial charge in [-0.1, -0.05) is 39.0 Å². The Morgan fingerprint density at radius 1 is 0.975 bits per heavy atom. The van der Waals surface area contributed by atoms with Gasteiger partial charge in [-0.2, -0.15) is 0 Å². The van der Waals surface area contributed by atoms with Crippen molar-refractivity contribution < 1.29 is 42.1 Å². The van der Waals surface area contributed by atoms with E-state index in [4.69, 9.17) is 9.84 Å². The molecule has 8 nitrogen and oxygen atoms in total. The van der Waals surface area contributed by atoms with Gasteiger partial charge in [-0.25, -0.2) is 4.79 Å². The molecule has 1 aliphatic carbocycles. The van der Waals surface area contributed by atoms with Crippen LogP contribution in [0.5, 0.6) is 11.5 Å². The predicted octanol–water partition coefficient (Wildman–Crippen LogP) is 6.40. The summed E-state index contributed by atoms with van der Waals surface area (Å²) in [5.41, 5.74) is 1.21. The highest BCUT2D eigenvalue weighted by molar-refractivity contribution is 5.94. The fourth-order valence-corrected chi connectivity index (χ4v) is 4.83. The third-order valence-corrected chi connectivity index (χ3v) is 7.03. The number of carbonyl (C=O) groups is 3. The Hall–Kier alpha value is -3.76. The van der Waals surface area contributed by atoms with E-state index in [0.29, 0.717) is 11.5 Å². The first-order valence-corrected chi connectivity index (χ1v) is 13.1. The Labute approximate surface area is 231 Å². The highest BCUT2D eigenvalue weighted by atomic mass is 19.4. The lowest BCUT2D eigenvalue weighted by Crippen LogP contribution is -2.44. The van der Waals surface area contributed by atoms with Crippen LogP contribution < -0.4 is 14.8 Å². The molecule has 0 saturated heterocycles. The SMILES string of the molecule is CC(C)(C)C1CCC(N(Cc2ccc(C(=O)NCCC(=O)O)cc2)C(=O)Oc2cccc(OC(F)(F)F)c2)CC1. The molecule has 11 heteroatoms. The van der Waals surface area contributed by atoms with Crippen molar-refractivity contribution >= 4 is 18.0 Å². The van der Waals surface area contributed by atoms with Gasteiger partial charge in [0.2, 0.25) is 0 Å². The summed E-state index contributed by atoms with van der Waals surface area (Å²) in [6.07, 6.45) is -2.43. The first-order valence-electron chi connectivity index (χ1n) is 13.1. The van der Waals surface area contributed by atoms with Gasteiger partial charge in [0.25, 0.3) is 5.91 Å². The van der Waals surface area contributed by atoms with E-state index < -0.39 is 30.1 Å². The number of ether oxygens (including phenoxy) is 2. The monoisotopic (exact) mass is 564 g/mol. The van der Waals surface area contributed by atoms with Crippen LogP contribution in [-0.2, 0) is 11.3 Å². The molecule has 0 aromatic heterocycles. The van der Waals surface area contributed by atoms with Gasteiger partial charge in [0, 0.05) is 30.8 Å². The number of benzene rings is 2. The molecule has 0 bridgehead atoms. The van der Waals surface area contributed by atoms with Crippen molar-refractivity contribution in [2.75, 3.05) is 6.54 Å². The molecule has 0 spiro atoms. The molecule has 218 valence electrons. The molecule has 40 heavy (non-hydrogen) atoms. The standard InChI is InChI=1S/C29H35F3N2O6/c1-28(2,3)21-11-13-22(14-12-21)34(27(38)39-23-5-4-6-24(17-23)40-29(30,31)32)18-19-7-9-20(10-8-19)26(37)33-16-15-25(35)36/h4-10,17,21-22H,11-16,18H2,1-3H3,(H,33,37)(H,35,36). The number of carboxylic acids is 1. The molecule has 0 atom stereocenters. The molecule has 2 N–H and O–H groups in total. The van der Waals surface area contributed by atoms with Gasteiger partial charge in [-0.3, -0.25) is 9.59 Å². The second-order valence-corrected chi connectivity index (χ2v) is 11.0. The van der Waals surface area contributed by atoms with Crippen LogP contribution in [0.1, 0.15) is 68.8 Å². The second kappa shape index (κ2) is 13.1. The molecule has 2 amide bonds. The molecule has 1 saturated carbocycles. The van der Waals surface area contributed by atoms with Crippen molar-refractivity contribution in [1.82, 2.24) is 10.2 Å². The van der Waals surface area contributed by atoms with Crippen molar-refractivity contribution in [3.05, 3.63) is 59.7 Å². The zero-order chi connectivity index (χ0) is 29.5. The highest BCUT2D eigenvalue weighted by Crippen LogP contribution is 2.39. The van der Waals surface area contributed by atoms with Gasteiger partial charge >= 0.3 is 18.4 Å². The van der Waals surface area contributed by atoms with Crippen molar-refractivity contribution in [3.63, 3.8) is 0 Å². The van der Waals surface area contributed by atoms with E-state index in [1.807, 2.05) is 0 Å². The largest absolute Gasteiger partial charge is 0.573 e. The van der Waals surface area contributed by atoms with Gasteiger partial charge in [0.05, 0.1) is 6.42 Å². The second-order valence-electron chi connectivity index (χ2n) is 11.0. The molecule has 1 aliphatic rings. The fourth-order valence-electron chi connectivity index (χ4n) is 4.83. The number of hydrogen-bond acceptors (Lipinski definition) is 5. The number of nitrogens with one attached hydrogen (secondary N) is 1. The van der Waals surface area contributed by atoms with Gasteiger partial charge in [0.1, 0.15) is 11.5 Å². The van der Waals surface area contributed by atoms with Gasteiger partial charge in [-0.05, 0) is 66.8 Å². The number of nitrogens with zero attached hydrogens (tertiary/aromatic N) is 1. The van der Waals surface area contributed by atoms with Crippen LogP contribution in [0.15, 0.2) is 48.5 Å². The van der Waals surface area contributed by atoms with Crippen LogP contribution in [0, 0.1) is 11.3 Å². The van der Waals surface area contributed by atoms with Crippen LogP contribution >= 0.6 is 0 Å². The van der Waals surface area contributed by atoms with Gasteiger partial charge in [0.15, 0.2) is 0 Å². The first-order chi connectivity index (χ1) is 18.7. The summed E-state index contributed by atoms with van der Waals surface area (Å²) in [7, 11) is 0. The zero-order valence-electron chi connectivity index (χ0n) is 22.8. The van der Waals surface area contributed by atoms with Crippen LogP contribution in [0.2, 0.25) is 0 Å². The van der Waals surface area contributed by atoms with Crippen LogP contribution in [-0.4, -0.2) is 46.9 Å². The number of carboxylic acid groups (broad SMARTS) is 1. The zero-order valence-corrected chi connectivity index (χ0v) is 22.8. The van der Waals surface area contributed by atoms with E-state index in [-0.39, 0.29) is 36.7 Å². The van der Waals surface area contributed by atoms with E-state index in [2.05, 4.69) is 30.8 Å². The predicted molar refractivity (Wildman–Crippen MR) is 141 cm³/mol. The lowest BCUT2D eigenvalue weighted by atomic mass is 9.71. The average Bonchev–Trinajstić information content (AvgIpc) is 2.86. The molecular formula is C29H35F3N2O6. The summed E-state index contributed by atoms with van der Waals surface area (Å²) < 4.78 is 47.4. The van der Waals surface area contributed by atoms with E-state index >= 15 is 0 Å². The molecular weight excluding hydrogens is 529 g/mol. The lowest BCUT2D eigenvalue weighted by molar-refractivity contribution is -0.274. The van der Waals surface area contributed by atoms with Crippen molar-refractivity contribution in [2.45, 2.75) is 71.8 Å². The molecule has 1 fully saturated rings. The molecule has 3 rings (SSSR count). The van der Waals surface area contributed by atoms with Crippen molar-refractivity contribution in [1.29, 1.82) is 0 Å². The maximum Gasteiger partial charge on any atom is 0.573 e. The summed E-state index contributed by atoms with van der Waals surface area (Å²) in [6.45, 7) is 6.75. The van der Waals surface area contributed by atoms with Crippen LogP contribution in [0.4, 0.5) is 18.0 Å². The Balaban J connectivity index is 1.75. The van der Waals surface area contributed by atoms with E-state index in [1.165, 1.54) is 12.1 Å². The number of halogens is 3. The first kappa shape index (κ1) is 30.8. The van der Waals surface area contributed by atoms with Crippen LogP contribution in [0.3, 0.4) is 0 Å². The number of hydrogen-bond donors (Lipinski definition) is 2. The molecule has 2 aromatic rings. The smallest absolute Gasteiger partial charge is 0.481 e. The minimum absolute atomic E-state index is 0.00197. The summed E-state index contributed by atoms with van der Waals surface area (Å²) in [6, 6.07) is 11.3. The summed E-state index contributed by atoms with van der Waals surface area (Å²) in [5, 5.41) is 11.3. The number of alkyl halides is 3. The average molecular weight is 565 g/mol. The van der Waals surface area contributed by atoms with Gasteiger partial charge < -0.3 is 24.8 Å². The number of amides is 2. The quantitative estimate of drug-likeness (QED) is 0.365. The number of aliphatic carboxylic acids is 1. The van der Waals surface area contributed by atoms with Crippen LogP contribution in [0.25, 0.3) is 0 Å². The van der Waals surface area contributed by atoms with E-state index in [0.717, 1.165) is 43.4 Å². The van der Waals surface area contributed by atoms with Crippen molar-refractivity contribution in [3.8, 4) is 11.5 Å². The Morgan fingerprint density at radius 3 is 2.17 bits per heavy atom. The maximum atomic E-state index is 13.4. The molecule has 0 unspecified atom stereocenters. The topological polar surface area (TPSA) is 105 Å². The summed E-state index contributed by atoms with van der Waals surface area (Å²) in [4.78, 5) is 37.9. The Morgan fingerprint density at radius 2 is 1.60 bits per heavy atom. The molecule has 0 aliphatic heterocycles. The highest BCUT2D eigenvalue weighted by Gasteiger charge is 2.35.